The predicted octanol–water partition coefficient (Wildman–Crippen LogP) is 5.86. The van der Waals surface area contributed by atoms with Gasteiger partial charge in [0.2, 0.25) is 0 Å². The van der Waals surface area contributed by atoms with Gasteiger partial charge in [0.05, 0.1) is 49.8 Å². The molecule has 2 aromatic carbocycles. The molecule has 0 saturated carbocycles. The van der Waals surface area contributed by atoms with E-state index < -0.39 is 11.6 Å². The van der Waals surface area contributed by atoms with Crippen LogP contribution in [0.5, 0.6) is 0 Å². The van der Waals surface area contributed by atoms with E-state index in [1.165, 1.54) is 0 Å². The minimum Gasteiger partial charge on any atom is -0.396 e. The van der Waals surface area contributed by atoms with Crippen LogP contribution in [0.25, 0.3) is 0 Å². The number of hydrogen-bond acceptors (Lipinski definition) is 10. The molecule has 0 amide bonds. The topological polar surface area (TPSA) is 114 Å². The second kappa shape index (κ2) is 19.3. The minimum absolute atomic E-state index is 0.0198. The Morgan fingerprint density at radius 3 is 1.38 bits per heavy atom. The van der Waals surface area contributed by atoms with E-state index in [-0.39, 0.29) is 63.4 Å². The molecule has 2 aliphatic heterocycles. The van der Waals surface area contributed by atoms with Crippen molar-refractivity contribution >= 4 is 0 Å². The maximum atomic E-state index is 9.70. The van der Waals surface area contributed by atoms with Crippen LogP contribution in [0.15, 0.2) is 60.7 Å². The van der Waals surface area contributed by atoms with Gasteiger partial charge in [-0.2, -0.15) is 0 Å². The third kappa shape index (κ3) is 14.2. The van der Waals surface area contributed by atoms with E-state index in [0.717, 1.165) is 11.1 Å². The first-order valence-corrected chi connectivity index (χ1v) is 17.0. The van der Waals surface area contributed by atoms with Gasteiger partial charge in [-0.15, -0.1) is 0 Å². The van der Waals surface area contributed by atoms with Gasteiger partial charge in [-0.3, -0.25) is 0 Å². The van der Waals surface area contributed by atoms with Gasteiger partial charge in [0, 0.05) is 45.3 Å². The van der Waals surface area contributed by atoms with E-state index in [2.05, 4.69) is 0 Å². The molecule has 264 valence electrons. The maximum absolute atomic E-state index is 9.70. The SMILES string of the molecule is CC1(C)O[C@H](C[C@@H]2C[C@H](C[C@H](CCO)OCOCc3ccccc3)OC(C)(C)O2)C[C@@H](C[C@@H](CCO)OCOCc2ccccc2)O1. The molecule has 2 aromatic rings. The molecule has 0 aromatic heterocycles. The molecule has 2 heterocycles. The van der Waals surface area contributed by atoms with Gasteiger partial charge >= 0.3 is 0 Å². The predicted molar refractivity (Wildman–Crippen MR) is 176 cm³/mol. The molecule has 2 fully saturated rings. The summed E-state index contributed by atoms with van der Waals surface area (Å²) in [5, 5.41) is 19.4. The molecule has 2 aliphatic rings. The van der Waals surface area contributed by atoms with E-state index in [9.17, 15) is 10.2 Å². The Hall–Kier alpha value is -1.96. The molecular formula is C37H56O10. The Kier molecular flexibility index (Phi) is 15.5. The van der Waals surface area contributed by atoms with Crippen molar-refractivity contribution in [3.05, 3.63) is 71.8 Å². The summed E-state index contributed by atoms with van der Waals surface area (Å²) in [4.78, 5) is 0. The first kappa shape index (κ1) is 37.9. The van der Waals surface area contributed by atoms with Crippen molar-refractivity contribution in [3.63, 3.8) is 0 Å². The van der Waals surface area contributed by atoms with Gasteiger partial charge in [-0.1, -0.05) is 60.7 Å². The highest BCUT2D eigenvalue weighted by molar-refractivity contribution is 5.14. The molecule has 2 saturated heterocycles. The quantitative estimate of drug-likeness (QED) is 0.132. The highest BCUT2D eigenvalue weighted by Crippen LogP contribution is 2.36. The van der Waals surface area contributed by atoms with Crippen LogP contribution in [0, 0.1) is 0 Å². The van der Waals surface area contributed by atoms with Crippen molar-refractivity contribution in [1.29, 1.82) is 0 Å². The summed E-state index contributed by atoms with van der Waals surface area (Å²) in [6.07, 6.45) is 3.43. The largest absolute Gasteiger partial charge is 0.396 e. The number of aliphatic hydroxyl groups is 2. The highest BCUT2D eigenvalue weighted by Gasteiger charge is 2.41. The monoisotopic (exact) mass is 660 g/mol. The number of hydrogen-bond donors (Lipinski definition) is 2. The van der Waals surface area contributed by atoms with Crippen molar-refractivity contribution in [3.8, 4) is 0 Å². The third-order valence-corrected chi connectivity index (χ3v) is 8.33. The zero-order valence-corrected chi connectivity index (χ0v) is 28.6. The fourth-order valence-corrected chi connectivity index (χ4v) is 6.48. The number of benzene rings is 2. The zero-order chi connectivity index (χ0) is 33.5. The molecule has 4 rings (SSSR count). The van der Waals surface area contributed by atoms with Crippen LogP contribution in [0.3, 0.4) is 0 Å². The van der Waals surface area contributed by atoms with Crippen LogP contribution in [-0.4, -0.2) is 85.2 Å². The summed E-state index contributed by atoms with van der Waals surface area (Å²) in [5.41, 5.74) is 2.16. The van der Waals surface area contributed by atoms with E-state index in [0.29, 0.717) is 58.2 Å². The molecule has 2 N–H and O–H groups in total. The lowest BCUT2D eigenvalue weighted by Crippen LogP contribution is -2.50. The van der Waals surface area contributed by atoms with Crippen LogP contribution in [0.4, 0.5) is 0 Å². The summed E-state index contributed by atoms with van der Waals surface area (Å²) in [6.45, 7) is 9.00. The molecule has 0 spiro atoms. The number of ether oxygens (including phenoxy) is 8. The summed E-state index contributed by atoms with van der Waals surface area (Å²) in [6, 6.07) is 19.9. The average molecular weight is 661 g/mol. The molecule has 0 unspecified atom stereocenters. The molecule has 10 heteroatoms. The van der Waals surface area contributed by atoms with Crippen molar-refractivity contribution in [2.24, 2.45) is 0 Å². The van der Waals surface area contributed by atoms with Gasteiger partial charge in [0.1, 0.15) is 13.6 Å². The van der Waals surface area contributed by atoms with Gasteiger partial charge in [-0.25, -0.2) is 0 Å². The van der Waals surface area contributed by atoms with E-state index in [4.69, 9.17) is 37.9 Å². The Labute approximate surface area is 280 Å². The van der Waals surface area contributed by atoms with Gasteiger partial charge in [0.25, 0.3) is 0 Å². The molecule has 0 bridgehead atoms. The standard InChI is InChI=1S/C37H56O10/c1-36(2)44-32(19-30(15-17-38)42-26-40-24-28-11-7-5-8-12-28)21-34(46-36)23-35-22-33(45-37(3,4)47-35)20-31(16-18-39)43-27-41-25-29-13-9-6-10-14-29/h5-14,30-35,38-39H,15-27H2,1-4H3/t30-,31+,32-,33+,34-,35-/m0/s1. The smallest absolute Gasteiger partial charge is 0.163 e. The summed E-state index contributed by atoms with van der Waals surface area (Å²) < 4.78 is 49.0. The van der Waals surface area contributed by atoms with Crippen LogP contribution < -0.4 is 0 Å². The van der Waals surface area contributed by atoms with Gasteiger partial charge in [-0.05, 0) is 51.7 Å². The van der Waals surface area contributed by atoms with Crippen molar-refractivity contribution in [2.75, 3.05) is 26.8 Å². The van der Waals surface area contributed by atoms with E-state index in [1.807, 2.05) is 88.4 Å². The first-order valence-electron chi connectivity index (χ1n) is 17.0. The fourth-order valence-electron chi connectivity index (χ4n) is 6.48. The molecule has 0 aliphatic carbocycles. The van der Waals surface area contributed by atoms with Gasteiger partial charge in [0.15, 0.2) is 11.6 Å². The maximum Gasteiger partial charge on any atom is 0.163 e. The normalized spacial score (nSPS) is 25.3. The Balaban J connectivity index is 1.27. The highest BCUT2D eigenvalue weighted by atomic mass is 16.7. The van der Waals surface area contributed by atoms with Crippen molar-refractivity contribution in [1.82, 2.24) is 0 Å². The molecular weight excluding hydrogens is 604 g/mol. The zero-order valence-electron chi connectivity index (χ0n) is 28.6. The average Bonchev–Trinajstić information content (AvgIpc) is 3.01. The lowest BCUT2D eigenvalue weighted by atomic mass is 9.94. The molecule has 10 nitrogen and oxygen atoms in total. The fraction of sp³-hybridized carbons (Fsp3) is 0.676. The molecule has 47 heavy (non-hydrogen) atoms. The molecule has 6 atom stereocenters. The van der Waals surface area contributed by atoms with Crippen molar-refractivity contribution < 1.29 is 48.1 Å². The summed E-state index contributed by atoms with van der Waals surface area (Å²) >= 11 is 0. The Morgan fingerprint density at radius 2 is 1.00 bits per heavy atom. The lowest BCUT2D eigenvalue weighted by Gasteiger charge is -2.45. The second-order valence-corrected chi connectivity index (χ2v) is 13.4. The Bertz CT molecular complexity index is 1030. The third-order valence-electron chi connectivity index (χ3n) is 8.33. The van der Waals surface area contributed by atoms with E-state index >= 15 is 0 Å². The summed E-state index contributed by atoms with van der Waals surface area (Å²) in [7, 11) is 0. The summed E-state index contributed by atoms with van der Waals surface area (Å²) in [5.74, 6) is -1.55. The number of aliphatic hydroxyl groups excluding tert-OH is 2. The number of rotatable bonds is 20. The lowest BCUT2D eigenvalue weighted by molar-refractivity contribution is -0.328. The molecule has 0 radical (unpaired) electrons. The van der Waals surface area contributed by atoms with Crippen LogP contribution >= 0.6 is 0 Å². The van der Waals surface area contributed by atoms with E-state index in [1.54, 1.807) is 0 Å². The first-order chi connectivity index (χ1) is 22.6. The minimum atomic E-state index is -0.777. The van der Waals surface area contributed by atoms with Gasteiger partial charge < -0.3 is 48.1 Å². The second-order valence-electron chi connectivity index (χ2n) is 13.4. The van der Waals surface area contributed by atoms with Crippen LogP contribution in [0.1, 0.15) is 83.8 Å². The van der Waals surface area contributed by atoms with Crippen LogP contribution in [0.2, 0.25) is 0 Å². The van der Waals surface area contributed by atoms with Crippen LogP contribution in [-0.2, 0) is 51.1 Å². The Morgan fingerprint density at radius 1 is 0.617 bits per heavy atom. The van der Waals surface area contributed by atoms with Crippen molar-refractivity contribution in [2.45, 2.75) is 134 Å².